The summed E-state index contributed by atoms with van der Waals surface area (Å²) in [5.74, 6) is -0.0606. The van der Waals surface area contributed by atoms with Crippen molar-refractivity contribution in [1.82, 2.24) is 0 Å². The average Bonchev–Trinajstić information content (AvgIpc) is 2.58. The fourth-order valence-corrected chi connectivity index (χ4v) is 2.21. The van der Waals surface area contributed by atoms with Gasteiger partial charge < -0.3 is 9.47 Å². The van der Waals surface area contributed by atoms with Gasteiger partial charge in [-0.3, -0.25) is 4.79 Å². The second-order valence-electron chi connectivity index (χ2n) is 4.64. The molecule has 0 unspecified atom stereocenters. The maximum absolute atomic E-state index is 12.1. The van der Waals surface area contributed by atoms with Gasteiger partial charge in [0.15, 0.2) is 12.4 Å². The third kappa shape index (κ3) is 5.38. The molecule has 0 aliphatic carbocycles. The first-order valence-electron chi connectivity index (χ1n) is 6.86. The van der Waals surface area contributed by atoms with Crippen LogP contribution in [0.2, 0.25) is 0 Å². The number of ketones is 1. The summed E-state index contributed by atoms with van der Waals surface area (Å²) in [6.45, 7) is -0.160. The molecule has 23 heavy (non-hydrogen) atoms. The summed E-state index contributed by atoms with van der Waals surface area (Å²) >= 11 is 3.39. The lowest BCUT2D eigenvalue weighted by Gasteiger charge is -2.05. The van der Waals surface area contributed by atoms with Crippen LogP contribution in [-0.2, 0) is 9.53 Å². The molecule has 2 aromatic rings. The summed E-state index contributed by atoms with van der Waals surface area (Å²) in [4.78, 5) is 23.1. The highest BCUT2D eigenvalue weighted by atomic mass is 79.9. The molecule has 2 rings (SSSR count). The van der Waals surface area contributed by atoms with Crippen molar-refractivity contribution >= 4 is 33.8 Å². The largest absolute Gasteiger partial charge is 0.482 e. The van der Waals surface area contributed by atoms with Crippen LogP contribution < -0.4 is 4.74 Å². The standard InChI is InChI=1S/C18H15BrO4/c1-22-18(21)12-23-16-8-6-14(7-9-16)17(20)10-5-13-3-2-4-15(19)11-13/h2-11H,12H2,1H3/b10-5+. The van der Waals surface area contributed by atoms with Gasteiger partial charge in [0.25, 0.3) is 0 Å². The van der Waals surface area contributed by atoms with Gasteiger partial charge in [0, 0.05) is 10.0 Å². The smallest absolute Gasteiger partial charge is 0.343 e. The monoisotopic (exact) mass is 374 g/mol. The Morgan fingerprint density at radius 3 is 2.52 bits per heavy atom. The van der Waals surface area contributed by atoms with Gasteiger partial charge >= 0.3 is 5.97 Å². The number of methoxy groups -OCH3 is 1. The highest BCUT2D eigenvalue weighted by molar-refractivity contribution is 9.10. The van der Waals surface area contributed by atoms with E-state index in [2.05, 4.69) is 20.7 Å². The summed E-state index contributed by atoms with van der Waals surface area (Å²) in [5, 5.41) is 0. The molecule has 0 atom stereocenters. The highest BCUT2D eigenvalue weighted by Gasteiger charge is 2.04. The molecule has 0 fully saturated rings. The predicted octanol–water partition coefficient (Wildman–Crippen LogP) is 3.90. The van der Waals surface area contributed by atoms with Crippen LogP contribution in [0.15, 0.2) is 59.1 Å². The Hall–Kier alpha value is -2.40. The molecular formula is C18H15BrO4. The first-order chi connectivity index (χ1) is 11.1. The molecule has 0 amide bonds. The Morgan fingerprint density at radius 1 is 1.13 bits per heavy atom. The lowest BCUT2D eigenvalue weighted by Crippen LogP contribution is -2.12. The van der Waals surface area contributed by atoms with Crippen LogP contribution in [0.25, 0.3) is 6.08 Å². The fourth-order valence-electron chi connectivity index (χ4n) is 1.80. The molecule has 0 saturated carbocycles. The lowest BCUT2D eigenvalue weighted by molar-refractivity contribution is -0.142. The van der Waals surface area contributed by atoms with Gasteiger partial charge in [0.05, 0.1) is 7.11 Å². The zero-order valence-corrected chi connectivity index (χ0v) is 14.1. The first-order valence-corrected chi connectivity index (χ1v) is 7.65. The zero-order chi connectivity index (χ0) is 16.7. The number of halogens is 1. The maximum Gasteiger partial charge on any atom is 0.343 e. The van der Waals surface area contributed by atoms with E-state index in [1.54, 1.807) is 30.3 Å². The second-order valence-corrected chi connectivity index (χ2v) is 5.56. The van der Waals surface area contributed by atoms with Crippen molar-refractivity contribution in [2.75, 3.05) is 13.7 Å². The van der Waals surface area contributed by atoms with E-state index in [-0.39, 0.29) is 12.4 Å². The summed E-state index contributed by atoms with van der Waals surface area (Å²) < 4.78 is 10.7. The van der Waals surface area contributed by atoms with Crippen molar-refractivity contribution in [3.8, 4) is 5.75 Å². The fraction of sp³-hybridized carbons (Fsp3) is 0.111. The molecule has 0 aliphatic heterocycles. The number of hydrogen-bond acceptors (Lipinski definition) is 4. The van der Waals surface area contributed by atoms with E-state index in [9.17, 15) is 9.59 Å². The molecule has 0 N–H and O–H groups in total. The molecule has 2 aromatic carbocycles. The second kappa shape index (κ2) is 8.29. The first kappa shape index (κ1) is 17.0. The molecule has 0 bridgehead atoms. The van der Waals surface area contributed by atoms with Gasteiger partial charge in [-0.25, -0.2) is 4.79 Å². The Morgan fingerprint density at radius 2 is 1.87 bits per heavy atom. The van der Waals surface area contributed by atoms with Gasteiger partial charge in [-0.05, 0) is 48.0 Å². The Bertz CT molecular complexity index is 720. The van der Waals surface area contributed by atoms with Crippen LogP contribution >= 0.6 is 15.9 Å². The third-order valence-corrected chi connectivity index (χ3v) is 3.49. The van der Waals surface area contributed by atoms with Crippen molar-refractivity contribution in [2.45, 2.75) is 0 Å². The number of carbonyl (C=O) groups excluding carboxylic acids is 2. The van der Waals surface area contributed by atoms with E-state index in [0.717, 1.165) is 10.0 Å². The number of benzene rings is 2. The molecule has 5 heteroatoms. The van der Waals surface area contributed by atoms with Gasteiger partial charge in [-0.15, -0.1) is 0 Å². The van der Waals surface area contributed by atoms with Crippen molar-refractivity contribution in [3.63, 3.8) is 0 Å². The summed E-state index contributed by atoms with van der Waals surface area (Å²) in [6, 6.07) is 14.3. The molecule has 0 saturated heterocycles. The molecule has 4 nitrogen and oxygen atoms in total. The minimum absolute atomic E-state index is 0.107. The molecular weight excluding hydrogens is 360 g/mol. The van der Waals surface area contributed by atoms with E-state index in [1.807, 2.05) is 24.3 Å². The average molecular weight is 375 g/mol. The van der Waals surface area contributed by atoms with Gasteiger partial charge in [-0.2, -0.15) is 0 Å². The minimum Gasteiger partial charge on any atom is -0.482 e. The zero-order valence-electron chi connectivity index (χ0n) is 12.5. The number of ether oxygens (including phenoxy) is 2. The summed E-state index contributed by atoms with van der Waals surface area (Å²) in [6.07, 6.45) is 3.28. The van der Waals surface area contributed by atoms with E-state index in [1.165, 1.54) is 13.2 Å². The van der Waals surface area contributed by atoms with Crippen LogP contribution in [0.3, 0.4) is 0 Å². The maximum atomic E-state index is 12.1. The van der Waals surface area contributed by atoms with Crippen LogP contribution in [0.1, 0.15) is 15.9 Å². The van der Waals surface area contributed by atoms with E-state index < -0.39 is 5.97 Å². The minimum atomic E-state index is -0.456. The Kier molecular flexibility index (Phi) is 6.11. The summed E-state index contributed by atoms with van der Waals surface area (Å²) in [7, 11) is 1.30. The third-order valence-electron chi connectivity index (χ3n) is 3.00. The number of carbonyl (C=O) groups is 2. The highest BCUT2D eigenvalue weighted by Crippen LogP contribution is 2.15. The van der Waals surface area contributed by atoms with Crippen LogP contribution in [0, 0.1) is 0 Å². The Labute approximate surface area is 142 Å². The van der Waals surface area contributed by atoms with E-state index in [0.29, 0.717) is 11.3 Å². The molecule has 0 radical (unpaired) electrons. The number of esters is 1. The van der Waals surface area contributed by atoms with Crippen molar-refractivity contribution in [2.24, 2.45) is 0 Å². The molecule has 0 heterocycles. The topological polar surface area (TPSA) is 52.6 Å². The number of allylic oxidation sites excluding steroid dienone is 1. The molecule has 0 spiro atoms. The van der Waals surface area contributed by atoms with Gasteiger partial charge in [0.1, 0.15) is 5.75 Å². The lowest BCUT2D eigenvalue weighted by atomic mass is 10.1. The van der Waals surface area contributed by atoms with Crippen LogP contribution in [0.5, 0.6) is 5.75 Å². The van der Waals surface area contributed by atoms with E-state index in [4.69, 9.17) is 4.74 Å². The molecule has 118 valence electrons. The molecule has 0 aromatic heterocycles. The van der Waals surface area contributed by atoms with Crippen molar-refractivity contribution < 1.29 is 19.1 Å². The Balaban J connectivity index is 1.98. The molecule has 0 aliphatic rings. The van der Waals surface area contributed by atoms with Crippen molar-refractivity contribution in [1.29, 1.82) is 0 Å². The quantitative estimate of drug-likeness (QED) is 0.437. The van der Waals surface area contributed by atoms with E-state index >= 15 is 0 Å². The summed E-state index contributed by atoms with van der Waals surface area (Å²) in [5.41, 5.74) is 1.48. The predicted molar refractivity (Wildman–Crippen MR) is 91.5 cm³/mol. The van der Waals surface area contributed by atoms with Crippen LogP contribution in [0.4, 0.5) is 0 Å². The SMILES string of the molecule is COC(=O)COc1ccc(C(=O)/C=C/c2cccc(Br)c2)cc1. The normalized spacial score (nSPS) is 10.5. The van der Waals surface area contributed by atoms with Gasteiger partial charge in [-0.1, -0.05) is 34.1 Å². The van der Waals surface area contributed by atoms with Crippen LogP contribution in [-0.4, -0.2) is 25.5 Å². The number of rotatable bonds is 6. The number of hydrogen-bond donors (Lipinski definition) is 0. The van der Waals surface area contributed by atoms with Gasteiger partial charge in [0.2, 0.25) is 0 Å². The van der Waals surface area contributed by atoms with Crippen molar-refractivity contribution in [3.05, 3.63) is 70.2 Å².